The van der Waals surface area contributed by atoms with Crippen LogP contribution in [-0.4, -0.2) is 46.8 Å². The van der Waals surface area contributed by atoms with E-state index in [0.29, 0.717) is 12.4 Å². The lowest BCUT2D eigenvalue weighted by Gasteiger charge is -2.64. The number of likely N-dealkylation sites (N-methyl/N-ethyl adjacent to an activating group) is 1. The van der Waals surface area contributed by atoms with Crippen molar-refractivity contribution in [1.82, 2.24) is 9.88 Å². The summed E-state index contributed by atoms with van der Waals surface area (Å²) in [4.78, 5) is 7.58. The van der Waals surface area contributed by atoms with Crippen LogP contribution in [0.25, 0.3) is 11.1 Å². The summed E-state index contributed by atoms with van der Waals surface area (Å²) in [6, 6.07) is 24.9. The number of phenols is 1. The van der Waals surface area contributed by atoms with Crippen LogP contribution in [0, 0.1) is 0 Å². The Bertz CT molecular complexity index is 1640. The maximum absolute atomic E-state index is 11.0. The van der Waals surface area contributed by atoms with Gasteiger partial charge in [0.25, 0.3) is 0 Å². The maximum Gasteiger partial charge on any atom is 0.166 e. The second-order valence-electron chi connectivity index (χ2n) is 12.1. The highest BCUT2D eigenvalue weighted by molar-refractivity contribution is 6.30. The average Bonchev–Trinajstić information content (AvgIpc) is 3.35. The molecule has 4 atom stereocenters. The minimum atomic E-state index is -0.499. The Labute approximate surface area is 245 Å². The van der Waals surface area contributed by atoms with Crippen molar-refractivity contribution in [3.8, 4) is 22.6 Å². The van der Waals surface area contributed by atoms with Crippen LogP contribution < -0.4 is 4.74 Å². The van der Waals surface area contributed by atoms with Crippen LogP contribution in [0.15, 0.2) is 79.0 Å². The molecule has 4 aromatic rings. The summed E-state index contributed by atoms with van der Waals surface area (Å²) in [5.41, 5.74) is 7.13. The molecule has 0 radical (unpaired) electrons. The number of phenolic OH excluding ortho intramolecular Hbond substituents is 1. The monoisotopic (exact) mass is 564 g/mol. The van der Waals surface area contributed by atoms with Crippen molar-refractivity contribution in [2.75, 3.05) is 20.2 Å². The van der Waals surface area contributed by atoms with E-state index in [4.69, 9.17) is 26.1 Å². The fourth-order valence-electron chi connectivity index (χ4n) is 8.33. The van der Waals surface area contributed by atoms with E-state index >= 15 is 0 Å². The molecule has 3 aromatic carbocycles. The number of benzene rings is 3. The molecule has 1 N–H and O–H groups in total. The first-order valence-electron chi connectivity index (χ1n) is 14.6. The van der Waals surface area contributed by atoms with Crippen molar-refractivity contribution in [2.24, 2.45) is 0 Å². The second-order valence-corrected chi connectivity index (χ2v) is 12.6. The van der Waals surface area contributed by atoms with E-state index in [2.05, 4.69) is 54.4 Å². The van der Waals surface area contributed by atoms with Crippen LogP contribution in [-0.2, 0) is 29.4 Å². The highest BCUT2D eigenvalue weighted by Crippen LogP contribution is 2.69. The number of halogens is 1. The van der Waals surface area contributed by atoms with Gasteiger partial charge in [-0.25, -0.2) is 0 Å². The third-order valence-electron chi connectivity index (χ3n) is 10.1. The number of nitrogens with zero attached hydrogens (tertiary/aromatic N) is 2. The number of hydrogen-bond donors (Lipinski definition) is 1. The predicted octanol–water partition coefficient (Wildman–Crippen LogP) is 6.68. The number of rotatable bonds is 6. The van der Waals surface area contributed by atoms with E-state index in [1.807, 2.05) is 30.5 Å². The molecule has 0 amide bonds. The molecule has 3 heterocycles. The molecule has 8 rings (SSSR count). The van der Waals surface area contributed by atoms with Gasteiger partial charge in [0.1, 0.15) is 5.60 Å². The van der Waals surface area contributed by atoms with Gasteiger partial charge in [0.2, 0.25) is 0 Å². The van der Waals surface area contributed by atoms with Gasteiger partial charge in [0, 0.05) is 41.4 Å². The Balaban J connectivity index is 1.26. The summed E-state index contributed by atoms with van der Waals surface area (Å²) in [5, 5.41) is 11.8. The van der Waals surface area contributed by atoms with Crippen LogP contribution >= 0.6 is 11.6 Å². The fraction of sp³-hybridized carbons (Fsp3) is 0.343. The summed E-state index contributed by atoms with van der Waals surface area (Å²) in [6.07, 6.45) is 6.09. The summed E-state index contributed by atoms with van der Waals surface area (Å²) in [6.45, 7) is 1.61. The smallest absolute Gasteiger partial charge is 0.166 e. The minimum absolute atomic E-state index is 0.189. The van der Waals surface area contributed by atoms with Crippen LogP contribution in [0.2, 0.25) is 5.02 Å². The average molecular weight is 565 g/mol. The number of hydrogen-bond acceptors (Lipinski definition) is 5. The molecule has 6 heteroatoms. The first-order valence-corrected chi connectivity index (χ1v) is 15.0. The summed E-state index contributed by atoms with van der Waals surface area (Å²) in [7, 11) is 2.24. The zero-order valence-corrected chi connectivity index (χ0v) is 23.9. The first-order chi connectivity index (χ1) is 20.0. The molecule has 41 heavy (non-hydrogen) atoms. The maximum atomic E-state index is 11.0. The molecule has 2 bridgehead atoms. The Kier molecular flexibility index (Phi) is 5.76. The largest absolute Gasteiger partial charge is 0.504 e. The molecule has 4 aliphatic rings. The van der Waals surface area contributed by atoms with Gasteiger partial charge in [-0.15, -0.1) is 0 Å². The van der Waals surface area contributed by atoms with Gasteiger partial charge in [-0.2, -0.15) is 0 Å². The molecule has 1 unspecified atom stereocenters. The normalized spacial score (nSPS) is 27.2. The highest BCUT2D eigenvalue weighted by atomic mass is 35.5. The van der Waals surface area contributed by atoms with Crippen molar-refractivity contribution in [2.45, 2.75) is 55.3 Å². The van der Waals surface area contributed by atoms with E-state index in [-0.39, 0.29) is 17.9 Å². The molecule has 5 nitrogen and oxygen atoms in total. The lowest BCUT2D eigenvalue weighted by Crippen LogP contribution is -2.75. The Morgan fingerprint density at radius 1 is 1.05 bits per heavy atom. The summed E-state index contributed by atoms with van der Waals surface area (Å²) < 4.78 is 14.1. The van der Waals surface area contributed by atoms with Gasteiger partial charge in [-0.1, -0.05) is 60.1 Å². The van der Waals surface area contributed by atoms with E-state index in [0.717, 1.165) is 71.6 Å². The summed E-state index contributed by atoms with van der Waals surface area (Å²) in [5.74, 6) is 0.839. The quantitative estimate of drug-likeness (QED) is 0.265. The highest BCUT2D eigenvalue weighted by Gasteiger charge is 2.73. The topological polar surface area (TPSA) is 54.8 Å². The number of likely N-dealkylation sites (tertiary alicyclic amines) is 1. The van der Waals surface area contributed by atoms with Gasteiger partial charge in [-0.05, 0) is 85.8 Å². The molecule has 1 fully saturated rings. The Morgan fingerprint density at radius 2 is 1.88 bits per heavy atom. The number of aryl methyl sites for hydroxylation is 1. The van der Waals surface area contributed by atoms with Crippen molar-refractivity contribution in [1.29, 1.82) is 0 Å². The van der Waals surface area contributed by atoms with Crippen molar-refractivity contribution in [3.05, 3.63) is 112 Å². The zero-order valence-electron chi connectivity index (χ0n) is 23.1. The minimum Gasteiger partial charge on any atom is -0.504 e. The van der Waals surface area contributed by atoms with Crippen molar-refractivity contribution >= 4 is 11.6 Å². The third-order valence-corrected chi connectivity index (χ3v) is 10.4. The van der Waals surface area contributed by atoms with Gasteiger partial charge >= 0.3 is 0 Å². The third kappa shape index (κ3) is 3.59. The molecule has 2 aliphatic heterocycles. The van der Waals surface area contributed by atoms with Gasteiger partial charge in [-0.3, -0.25) is 4.98 Å². The van der Waals surface area contributed by atoms with Crippen molar-refractivity contribution < 1.29 is 14.6 Å². The van der Waals surface area contributed by atoms with Crippen LogP contribution in [0.4, 0.5) is 0 Å². The number of aromatic nitrogens is 1. The molecule has 0 saturated carbocycles. The first kappa shape index (κ1) is 25.3. The number of pyridine rings is 1. The number of ether oxygens (including phenoxy) is 2. The standard InChI is InChI=1S/C35H33ClN2O3/c1-38-16-15-34-30-24-11-14-28(39)32(30)41-33(34)31-25(18-26(21-37-31)23-9-12-27(36)13-10-23)20-35(34,29(38)19-24)40-17-5-8-22-6-3-2-4-7-22/h2-4,6-7,9-14,18,21,29,33,39H,5,8,15-17,19-20H2,1H3/t29?,33-,34-,35+/m0/s1. The summed E-state index contributed by atoms with van der Waals surface area (Å²) >= 11 is 6.19. The molecule has 1 spiro atoms. The molecule has 1 saturated heterocycles. The molecule has 2 aliphatic carbocycles. The lowest BCUT2D eigenvalue weighted by molar-refractivity contribution is -0.201. The molecular formula is C35H33ClN2O3. The molecule has 208 valence electrons. The lowest BCUT2D eigenvalue weighted by atomic mass is 9.48. The SMILES string of the molecule is CN1CC[C@]23c4c5ccc(O)c4O[C@H]2c2ncc(-c4ccc(Cl)cc4)cc2C[C@@]3(OCCCc2ccccc2)C1C5. The van der Waals surface area contributed by atoms with Crippen molar-refractivity contribution in [3.63, 3.8) is 0 Å². The van der Waals surface area contributed by atoms with Crippen LogP contribution in [0.3, 0.4) is 0 Å². The zero-order chi connectivity index (χ0) is 27.8. The molecule has 1 aromatic heterocycles. The number of aromatic hydroxyl groups is 1. The van der Waals surface area contributed by atoms with Gasteiger partial charge in [0.15, 0.2) is 17.6 Å². The van der Waals surface area contributed by atoms with E-state index in [1.165, 1.54) is 11.1 Å². The fourth-order valence-corrected chi connectivity index (χ4v) is 8.46. The van der Waals surface area contributed by atoms with E-state index in [9.17, 15) is 5.11 Å². The molecular weight excluding hydrogens is 532 g/mol. The van der Waals surface area contributed by atoms with Gasteiger partial charge < -0.3 is 19.5 Å². The number of fused-ring (bicyclic) bond motifs is 2. The Morgan fingerprint density at radius 3 is 2.71 bits per heavy atom. The number of piperidine rings is 1. The van der Waals surface area contributed by atoms with Gasteiger partial charge in [0.05, 0.1) is 11.1 Å². The van der Waals surface area contributed by atoms with E-state index in [1.54, 1.807) is 6.07 Å². The van der Waals surface area contributed by atoms with Crippen LogP contribution in [0.5, 0.6) is 11.5 Å². The predicted molar refractivity (Wildman–Crippen MR) is 160 cm³/mol. The second kappa shape index (κ2) is 9.32. The van der Waals surface area contributed by atoms with Crippen LogP contribution in [0.1, 0.15) is 46.9 Å². The van der Waals surface area contributed by atoms with E-state index < -0.39 is 11.0 Å². The Hall–Kier alpha value is -3.38.